The van der Waals surface area contributed by atoms with Crippen molar-refractivity contribution in [3.63, 3.8) is 0 Å². The fraction of sp³-hybridized carbons (Fsp3) is 0.231. The summed E-state index contributed by atoms with van der Waals surface area (Å²) in [5.74, 6) is 1.94. The van der Waals surface area contributed by atoms with Gasteiger partial charge >= 0.3 is 5.00 Å². The maximum Gasteiger partial charge on any atom is 0.324 e. The Hall–Kier alpha value is -7.51. The first kappa shape index (κ1) is 43.1. The molecule has 1 saturated heterocycles. The molecule has 1 unspecified atom stereocenters. The molecule has 6 amide bonds. The first-order chi connectivity index (χ1) is 29.2. The molecule has 0 saturated carbocycles. The number of nitrogens with zero attached hydrogens (tertiary/aromatic N) is 4. The lowest BCUT2D eigenvalue weighted by Gasteiger charge is -2.27. The summed E-state index contributed by atoms with van der Waals surface area (Å²) < 4.78 is 33.7. The van der Waals surface area contributed by atoms with Crippen LogP contribution in [0.25, 0.3) is 6.08 Å². The summed E-state index contributed by atoms with van der Waals surface area (Å²) in [6.07, 6.45) is 5.13. The number of nitrogens with one attached hydrogen (secondary N) is 5. The molecule has 1 fully saturated rings. The van der Waals surface area contributed by atoms with Gasteiger partial charge in [0.05, 0.1) is 40.8 Å². The number of ether oxygens (including phenoxy) is 1. The van der Waals surface area contributed by atoms with Gasteiger partial charge in [0, 0.05) is 47.8 Å². The first-order valence-electron chi connectivity index (χ1n) is 18.4. The first-order valence-corrected chi connectivity index (χ1v) is 20.6. The predicted molar refractivity (Wildman–Crippen MR) is 220 cm³/mol. The number of nitro groups is 1. The Morgan fingerprint density at radius 1 is 1.08 bits per heavy atom. The zero-order valence-electron chi connectivity index (χ0n) is 32.1. The summed E-state index contributed by atoms with van der Waals surface area (Å²) in [5.41, 5.74) is 1.17. The maximum atomic E-state index is 13.3. The number of methoxy groups -OCH3 is 1. The molecule has 4 heterocycles. The van der Waals surface area contributed by atoms with Crippen molar-refractivity contribution in [3.8, 4) is 17.7 Å². The van der Waals surface area contributed by atoms with Gasteiger partial charge in [-0.1, -0.05) is 23.3 Å². The minimum absolute atomic E-state index is 0.0163. The molecule has 2 aromatic carbocycles. The number of hydrogen-bond acceptors (Lipinski definition) is 15. The Morgan fingerprint density at radius 3 is 2.59 bits per heavy atom. The van der Waals surface area contributed by atoms with Crippen LogP contribution in [0.1, 0.15) is 63.4 Å². The number of aromatic nitrogens is 2. The molecule has 2 aliphatic rings. The minimum atomic E-state index is -4.18. The van der Waals surface area contributed by atoms with Gasteiger partial charge in [-0.3, -0.25) is 53.8 Å². The van der Waals surface area contributed by atoms with E-state index in [1.165, 1.54) is 67.9 Å². The van der Waals surface area contributed by atoms with Crippen LogP contribution in [0, 0.1) is 22.0 Å². The predicted octanol–water partition coefficient (Wildman–Crippen LogP) is 3.06. The van der Waals surface area contributed by atoms with Crippen molar-refractivity contribution in [3.05, 3.63) is 98.7 Å². The summed E-state index contributed by atoms with van der Waals surface area (Å²) in [6.45, 7) is 0.369. The van der Waals surface area contributed by atoms with Crippen LogP contribution in [-0.2, 0) is 29.2 Å². The molecular formula is C39H35N9O11S2. The zero-order chi connectivity index (χ0) is 43.7. The lowest BCUT2D eigenvalue weighted by Crippen LogP contribution is -2.54. The Bertz CT molecular complexity index is 2640. The monoisotopic (exact) mass is 869 g/mol. The van der Waals surface area contributed by atoms with E-state index in [0.29, 0.717) is 35.6 Å². The molecule has 2 aliphatic heterocycles. The van der Waals surface area contributed by atoms with Crippen molar-refractivity contribution in [2.75, 3.05) is 35.6 Å². The van der Waals surface area contributed by atoms with E-state index in [0.717, 1.165) is 16.2 Å². The van der Waals surface area contributed by atoms with Crippen molar-refractivity contribution >= 4 is 85.1 Å². The van der Waals surface area contributed by atoms with E-state index in [-0.39, 0.29) is 70.1 Å². The highest BCUT2D eigenvalue weighted by atomic mass is 32.2. The van der Waals surface area contributed by atoms with E-state index in [1.807, 2.05) is 0 Å². The quantitative estimate of drug-likeness (QED) is 0.0270. The maximum absolute atomic E-state index is 13.3. The third-order valence-electron chi connectivity index (χ3n) is 8.99. The average Bonchev–Trinajstić information content (AvgIpc) is 3.82. The number of piperidine rings is 1. The number of carbonyl (C=O) groups excluding carboxylic acids is 6. The fourth-order valence-corrected chi connectivity index (χ4v) is 7.81. The molecule has 0 bridgehead atoms. The van der Waals surface area contributed by atoms with E-state index in [4.69, 9.17) is 4.74 Å². The number of unbranched alkanes of at least 4 members (excludes halogenated alkanes) is 1. The molecule has 0 radical (unpaired) electrons. The highest BCUT2D eigenvalue weighted by Gasteiger charge is 2.45. The van der Waals surface area contributed by atoms with E-state index >= 15 is 0 Å². The van der Waals surface area contributed by atoms with Crippen LogP contribution < -0.4 is 30.7 Å². The molecule has 2 aromatic heterocycles. The molecular weight excluding hydrogens is 835 g/mol. The second kappa shape index (κ2) is 19.0. The van der Waals surface area contributed by atoms with Crippen LogP contribution in [-0.4, -0.2) is 89.9 Å². The topological polar surface area (TPSA) is 278 Å². The summed E-state index contributed by atoms with van der Waals surface area (Å²) in [7, 11) is -2.91. The second-order valence-electron chi connectivity index (χ2n) is 13.1. The van der Waals surface area contributed by atoms with Gasteiger partial charge in [0.2, 0.25) is 29.4 Å². The third kappa shape index (κ3) is 10.6. The number of carbonyl (C=O) groups is 6. The fourth-order valence-electron chi connectivity index (χ4n) is 6.08. The number of imide groups is 2. The number of rotatable bonds is 16. The highest BCUT2D eigenvalue weighted by Crippen LogP contribution is 2.32. The van der Waals surface area contributed by atoms with E-state index in [1.54, 1.807) is 12.1 Å². The van der Waals surface area contributed by atoms with Crippen molar-refractivity contribution in [1.29, 1.82) is 0 Å². The Balaban J connectivity index is 0.928. The van der Waals surface area contributed by atoms with Crippen LogP contribution in [0.15, 0.2) is 71.8 Å². The minimum Gasteiger partial charge on any atom is -0.478 e. The Kier molecular flexibility index (Phi) is 13.4. The molecule has 22 heteroatoms. The molecule has 5 N–H and O–H groups in total. The van der Waals surface area contributed by atoms with Gasteiger partial charge < -0.3 is 20.7 Å². The summed E-state index contributed by atoms with van der Waals surface area (Å²) in [4.78, 5) is 94.8. The van der Waals surface area contributed by atoms with Gasteiger partial charge in [-0.25, -0.2) is 13.4 Å². The van der Waals surface area contributed by atoms with Crippen LogP contribution >= 0.6 is 11.3 Å². The van der Waals surface area contributed by atoms with Crippen molar-refractivity contribution in [2.24, 2.45) is 0 Å². The normalized spacial score (nSPS) is 14.8. The van der Waals surface area contributed by atoms with E-state index in [2.05, 4.69) is 47.8 Å². The van der Waals surface area contributed by atoms with Crippen molar-refractivity contribution < 1.29 is 46.8 Å². The average molecular weight is 870 g/mol. The van der Waals surface area contributed by atoms with E-state index < -0.39 is 50.5 Å². The number of amides is 6. The molecule has 314 valence electrons. The smallest absolute Gasteiger partial charge is 0.324 e. The molecule has 20 nitrogen and oxygen atoms in total. The molecule has 61 heavy (non-hydrogen) atoms. The number of thiophene rings is 1. The largest absolute Gasteiger partial charge is 0.478 e. The SMILES string of the molecule is COc1nc(C#CCNC(=O)CCCCNc2cccc3c2C(=O)N(C2CCC(=O)NC2=O)C3=O)cnc1NS(=O)(=O)c1ccc(NC(=O)/C=C/c2ccc([N+](=O)[O-])s2)cc1. The van der Waals surface area contributed by atoms with Gasteiger partial charge in [-0.05, 0) is 73.7 Å². The molecule has 6 rings (SSSR count). The van der Waals surface area contributed by atoms with E-state index in [9.17, 15) is 47.3 Å². The standard InChI is InChI=1S/C39H35N9O11S2/c1-59-37-35(46-61(57,58)26-14-10-23(11-15-26)43-31(50)17-12-25-13-19-33(60-25)48(55)56)42-22-24(44-37)6-5-21-41-30(49)9-2-3-20-40-28-8-4-7-27-34(28)39(54)47(38(27)53)29-16-18-32(51)45-36(29)52/h4,7-8,10-15,17,19,22,29,40H,2-3,9,16,18,20-21H2,1H3,(H,41,49)(H,42,46)(H,43,50)(H,45,51,52)/b17-12+. The Labute approximate surface area is 351 Å². The van der Waals surface area contributed by atoms with Crippen LogP contribution in [0.5, 0.6) is 5.88 Å². The third-order valence-corrected chi connectivity index (χ3v) is 11.4. The van der Waals surface area contributed by atoms with Crippen LogP contribution in [0.4, 0.5) is 22.2 Å². The highest BCUT2D eigenvalue weighted by molar-refractivity contribution is 7.92. The van der Waals surface area contributed by atoms with Crippen molar-refractivity contribution in [1.82, 2.24) is 25.5 Å². The number of sulfonamides is 1. The van der Waals surface area contributed by atoms with Crippen LogP contribution in [0.3, 0.4) is 0 Å². The van der Waals surface area contributed by atoms with Gasteiger partial charge in [-0.15, -0.1) is 0 Å². The van der Waals surface area contributed by atoms with Gasteiger partial charge in [-0.2, -0.15) is 4.98 Å². The van der Waals surface area contributed by atoms with Gasteiger partial charge in [0.25, 0.3) is 27.7 Å². The summed E-state index contributed by atoms with van der Waals surface area (Å²) >= 11 is 0.908. The van der Waals surface area contributed by atoms with Crippen molar-refractivity contribution in [2.45, 2.75) is 43.0 Å². The van der Waals surface area contributed by atoms with Gasteiger partial charge in [0.15, 0.2) is 0 Å². The number of benzene rings is 2. The zero-order valence-corrected chi connectivity index (χ0v) is 33.7. The molecule has 4 aromatic rings. The number of fused-ring (bicyclic) bond motifs is 1. The molecule has 1 atom stereocenters. The second-order valence-corrected chi connectivity index (χ2v) is 15.9. The number of anilines is 3. The van der Waals surface area contributed by atoms with Crippen LogP contribution in [0.2, 0.25) is 0 Å². The Morgan fingerprint density at radius 2 is 1.87 bits per heavy atom. The van der Waals surface area contributed by atoms with Gasteiger partial charge in [0.1, 0.15) is 11.7 Å². The lowest BCUT2D eigenvalue weighted by molar-refractivity contribution is -0.380. The molecule has 0 aliphatic carbocycles. The molecule has 0 spiro atoms. The number of hydrogen-bond donors (Lipinski definition) is 5. The summed E-state index contributed by atoms with van der Waals surface area (Å²) in [6, 6.07) is 11.8. The summed E-state index contributed by atoms with van der Waals surface area (Å²) in [5, 5.41) is 21.3. The lowest BCUT2D eigenvalue weighted by atomic mass is 10.0.